The van der Waals surface area contributed by atoms with Gasteiger partial charge in [0.2, 0.25) is 0 Å². The molecule has 0 saturated carbocycles. The molecule has 0 fully saturated rings. The van der Waals surface area contributed by atoms with E-state index in [1.807, 2.05) is 20.8 Å². The smallest absolute Gasteiger partial charge is 0.276 e. The fraction of sp³-hybridized carbons (Fsp3) is 0.353. The van der Waals surface area contributed by atoms with Crippen molar-refractivity contribution in [1.82, 2.24) is 29.7 Å². The number of aryl methyl sites for hydroxylation is 1. The summed E-state index contributed by atoms with van der Waals surface area (Å²) in [6.07, 6.45) is 4.97. The number of nitrogens with zero attached hydrogens (tertiary/aromatic N) is 5. The summed E-state index contributed by atoms with van der Waals surface area (Å²) in [5, 5.41) is 14.0. The van der Waals surface area contributed by atoms with Crippen LogP contribution in [0.3, 0.4) is 0 Å². The molecular weight excluding hydrogens is 334 g/mol. The summed E-state index contributed by atoms with van der Waals surface area (Å²) in [6, 6.07) is 3.31. The molecule has 0 aromatic carbocycles. The maximum absolute atomic E-state index is 12.5. The van der Waals surface area contributed by atoms with Gasteiger partial charge in [-0.05, 0) is 18.9 Å². The van der Waals surface area contributed by atoms with Gasteiger partial charge in [-0.2, -0.15) is 10.2 Å². The molecule has 0 unspecified atom stereocenters. The number of nitrogens with one attached hydrogen (secondary N) is 2. The molecule has 0 aliphatic rings. The van der Waals surface area contributed by atoms with Gasteiger partial charge in [-0.1, -0.05) is 13.8 Å². The Morgan fingerprint density at radius 3 is 2.73 bits per heavy atom. The van der Waals surface area contributed by atoms with E-state index in [4.69, 9.17) is 0 Å². The Morgan fingerprint density at radius 2 is 2.04 bits per heavy atom. The molecule has 0 radical (unpaired) electrons. The summed E-state index contributed by atoms with van der Waals surface area (Å²) in [5.74, 6) is -0.433. The number of hydrogen-bond donors (Lipinski definition) is 2. The molecule has 3 aromatic rings. The lowest BCUT2D eigenvalue weighted by Crippen LogP contribution is -2.28. The first-order valence-electron chi connectivity index (χ1n) is 8.45. The molecule has 9 heteroatoms. The summed E-state index contributed by atoms with van der Waals surface area (Å²) < 4.78 is 3.12. The largest absolute Gasteiger partial charge is 0.350 e. The average Bonchev–Trinajstić information content (AvgIpc) is 3.23. The van der Waals surface area contributed by atoms with Gasteiger partial charge >= 0.3 is 0 Å². The molecular formula is C17H21N7O2. The molecule has 9 nitrogen and oxygen atoms in total. The maximum atomic E-state index is 12.5. The van der Waals surface area contributed by atoms with Gasteiger partial charge in [0.1, 0.15) is 0 Å². The third kappa shape index (κ3) is 3.71. The minimum absolute atomic E-state index is 0.183. The van der Waals surface area contributed by atoms with Gasteiger partial charge < -0.3 is 10.6 Å². The Labute approximate surface area is 150 Å². The van der Waals surface area contributed by atoms with Gasteiger partial charge in [-0.3, -0.25) is 14.3 Å². The van der Waals surface area contributed by atoms with Crippen LogP contribution in [0.4, 0.5) is 5.69 Å². The van der Waals surface area contributed by atoms with Crippen molar-refractivity contribution < 1.29 is 9.59 Å². The molecule has 26 heavy (non-hydrogen) atoms. The zero-order chi connectivity index (χ0) is 18.7. The lowest BCUT2D eigenvalue weighted by atomic mass is 10.2. The van der Waals surface area contributed by atoms with Gasteiger partial charge in [0, 0.05) is 37.7 Å². The van der Waals surface area contributed by atoms with E-state index in [1.165, 1.54) is 4.52 Å². The number of carbonyl (C=O) groups excluding carboxylic acids is 2. The predicted octanol–water partition coefficient (Wildman–Crippen LogP) is 1.58. The molecule has 2 amide bonds. The van der Waals surface area contributed by atoms with E-state index in [0.29, 0.717) is 30.3 Å². The predicted molar refractivity (Wildman–Crippen MR) is 96.0 cm³/mol. The maximum Gasteiger partial charge on any atom is 0.276 e. The van der Waals surface area contributed by atoms with E-state index in [9.17, 15) is 9.59 Å². The van der Waals surface area contributed by atoms with Crippen LogP contribution in [0.15, 0.2) is 30.7 Å². The molecule has 0 aliphatic carbocycles. The standard InChI is InChI=1S/C17H21N7O2/c1-4-23-10-13(15(22-23)17(26)19-9-11(2)3)20-16(25)12-8-14-18-6-5-7-24(14)21-12/h5-8,10-11H,4,9H2,1-3H3,(H,19,26)(H,20,25). The normalized spacial score (nSPS) is 11.1. The van der Waals surface area contributed by atoms with Crippen LogP contribution >= 0.6 is 0 Å². The van der Waals surface area contributed by atoms with Crippen LogP contribution < -0.4 is 10.6 Å². The molecule has 2 N–H and O–H groups in total. The Hall–Kier alpha value is -3.23. The molecule has 136 valence electrons. The van der Waals surface area contributed by atoms with Gasteiger partial charge in [0.05, 0.1) is 5.69 Å². The number of amides is 2. The third-order valence-electron chi connectivity index (χ3n) is 3.69. The van der Waals surface area contributed by atoms with Crippen molar-refractivity contribution >= 4 is 23.1 Å². The van der Waals surface area contributed by atoms with Crippen LogP contribution in [0.5, 0.6) is 0 Å². The number of aromatic nitrogens is 5. The number of carbonyl (C=O) groups is 2. The summed E-state index contributed by atoms with van der Waals surface area (Å²) >= 11 is 0. The number of hydrogen-bond acceptors (Lipinski definition) is 5. The molecule has 3 rings (SSSR count). The number of anilines is 1. The number of fused-ring (bicyclic) bond motifs is 1. The summed E-state index contributed by atoms with van der Waals surface area (Å²) in [7, 11) is 0. The lowest BCUT2D eigenvalue weighted by Gasteiger charge is -2.07. The Morgan fingerprint density at radius 1 is 1.23 bits per heavy atom. The quantitative estimate of drug-likeness (QED) is 0.698. The van der Waals surface area contributed by atoms with Gasteiger partial charge in [0.25, 0.3) is 11.8 Å². The fourth-order valence-electron chi connectivity index (χ4n) is 2.35. The third-order valence-corrected chi connectivity index (χ3v) is 3.69. The average molecular weight is 355 g/mol. The minimum Gasteiger partial charge on any atom is -0.350 e. The number of rotatable bonds is 6. The molecule has 3 heterocycles. The summed E-state index contributed by atoms with van der Waals surface area (Å²) in [6.45, 7) is 7.03. The Balaban J connectivity index is 1.82. The molecule has 0 saturated heterocycles. The molecule has 0 spiro atoms. The lowest BCUT2D eigenvalue weighted by molar-refractivity contribution is 0.0944. The van der Waals surface area contributed by atoms with Gasteiger partial charge in [-0.15, -0.1) is 0 Å². The van der Waals surface area contributed by atoms with E-state index in [1.54, 1.807) is 35.4 Å². The van der Waals surface area contributed by atoms with Crippen molar-refractivity contribution in [2.75, 3.05) is 11.9 Å². The van der Waals surface area contributed by atoms with Crippen LogP contribution in [-0.4, -0.2) is 42.7 Å². The first-order chi connectivity index (χ1) is 12.5. The van der Waals surface area contributed by atoms with Crippen molar-refractivity contribution in [2.45, 2.75) is 27.3 Å². The fourth-order valence-corrected chi connectivity index (χ4v) is 2.35. The topological polar surface area (TPSA) is 106 Å². The molecule has 3 aromatic heterocycles. The highest BCUT2D eigenvalue weighted by Gasteiger charge is 2.20. The van der Waals surface area contributed by atoms with Gasteiger partial charge in [-0.25, -0.2) is 9.50 Å². The molecule has 0 aliphatic heterocycles. The van der Waals surface area contributed by atoms with Crippen LogP contribution in [0.25, 0.3) is 5.65 Å². The second-order valence-corrected chi connectivity index (χ2v) is 6.26. The van der Waals surface area contributed by atoms with Gasteiger partial charge in [0.15, 0.2) is 17.0 Å². The van der Waals surface area contributed by atoms with E-state index in [-0.39, 0.29) is 17.3 Å². The van der Waals surface area contributed by atoms with E-state index in [2.05, 4.69) is 25.8 Å². The van der Waals surface area contributed by atoms with Crippen LogP contribution in [0.1, 0.15) is 41.7 Å². The Kier molecular flexibility index (Phi) is 4.97. The van der Waals surface area contributed by atoms with E-state index < -0.39 is 5.91 Å². The first kappa shape index (κ1) is 17.6. The zero-order valence-electron chi connectivity index (χ0n) is 14.9. The highest BCUT2D eigenvalue weighted by Crippen LogP contribution is 2.16. The summed E-state index contributed by atoms with van der Waals surface area (Å²) in [4.78, 5) is 29.1. The zero-order valence-corrected chi connectivity index (χ0v) is 14.9. The van der Waals surface area contributed by atoms with E-state index in [0.717, 1.165) is 0 Å². The second-order valence-electron chi connectivity index (χ2n) is 6.26. The van der Waals surface area contributed by atoms with Crippen molar-refractivity contribution in [2.24, 2.45) is 5.92 Å². The molecule has 0 atom stereocenters. The summed E-state index contributed by atoms with van der Waals surface area (Å²) in [5.41, 5.74) is 1.31. The van der Waals surface area contributed by atoms with Crippen LogP contribution in [-0.2, 0) is 6.54 Å². The van der Waals surface area contributed by atoms with Crippen LogP contribution in [0.2, 0.25) is 0 Å². The first-order valence-corrected chi connectivity index (χ1v) is 8.45. The highest BCUT2D eigenvalue weighted by atomic mass is 16.2. The van der Waals surface area contributed by atoms with Crippen molar-refractivity contribution in [3.63, 3.8) is 0 Å². The SMILES string of the molecule is CCn1cc(NC(=O)c2cc3ncccn3n2)c(C(=O)NCC(C)C)n1. The van der Waals surface area contributed by atoms with Crippen molar-refractivity contribution in [1.29, 1.82) is 0 Å². The second kappa shape index (κ2) is 7.34. The van der Waals surface area contributed by atoms with Crippen LogP contribution in [0, 0.1) is 5.92 Å². The Bertz CT molecular complexity index is 909. The van der Waals surface area contributed by atoms with Crippen molar-refractivity contribution in [3.8, 4) is 0 Å². The minimum atomic E-state index is -0.427. The monoisotopic (exact) mass is 355 g/mol. The van der Waals surface area contributed by atoms with E-state index >= 15 is 0 Å². The highest BCUT2D eigenvalue weighted by molar-refractivity contribution is 6.07. The van der Waals surface area contributed by atoms with Crippen molar-refractivity contribution in [3.05, 3.63) is 42.1 Å². The molecule has 0 bridgehead atoms.